The Labute approximate surface area is 236 Å². The van der Waals surface area contributed by atoms with Crippen molar-refractivity contribution in [3.8, 4) is 0 Å². The second-order valence-corrected chi connectivity index (χ2v) is 12.4. The van der Waals surface area contributed by atoms with Crippen LogP contribution in [0.25, 0.3) is 0 Å². The van der Waals surface area contributed by atoms with Gasteiger partial charge in [0.05, 0.1) is 11.9 Å². The summed E-state index contributed by atoms with van der Waals surface area (Å²) in [4.78, 5) is 29.2. The van der Waals surface area contributed by atoms with E-state index < -0.39 is 28.5 Å². The minimum atomic E-state index is -3.84. The topological polar surface area (TPSA) is 86.8 Å². The molecule has 0 unspecified atom stereocenters. The quantitative estimate of drug-likeness (QED) is 0.338. The van der Waals surface area contributed by atoms with Gasteiger partial charge in [-0.15, -0.1) is 0 Å². The molecule has 0 aliphatic carbocycles. The molecule has 1 N–H and O–H groups in total. The molecular weight excluding hydrogens is 534 g/mol. The SMILES string of the molecule is Cc1ccccc1CN(C(=O)CN(c1cccc(Cl)c1)S(C)(=O)=O)[C@H](Cc1ccccc1)C(=O)NCC(C)C. The first-order valence-electron chi connectivity index (χ1n) is 12.8. The number of carbonyl (C=O) groups is 2. The number of anilines is 1. The molecule has 3 aromatic rings. The summed E-state index contributed by atoms with van der Waals surface area (Å²) in [5, 5.41) is 3.33. The molecule has 0 bridgehead atoms. The zero-order chi connectivity index (χ0) is 28.6. The number of rotatable bonds is 12. The lowest BCUT2D eigenvalue weighted by Gasteiger charge is -2.34. The zero-order valence-corrected chi connectivity index (χ0v) is 24.4. The van der Waals surface area contributed by atoms with Crippen LogP contribution in [0.1, 0.15) is 30.5 Å². The maximum absolute atomic E-state index is 14.1. The van der Waals surface area contributed by atoms with E-state index >= 15 is 0 Å². The number of nitrogens with one attached hydrogen (secondary N) is 1. The molecule has 0 spiro atoms. The minimum absolute atomic E-state index is 0.144. The van der Waals surface area contributed by atoms with Gasteiger partial charge in [-0.05, 0) is 47.7 Å². The van der Waals surface area contributed by atoms with Crippen LogP contribution >= 0.6 is 11.6 Å². The summed E-state index contributed by atoms with van der Waals surface area (Å²) in [6, 6.07) is 22.6. The number of aryl methyl sites for hydroxylation is 1. The number of benzene rings is 3. The first kappa shape index (κ1) is 30.2. The fraction of sp³-hybridized carbons (Fsp3) is 0.333. The van der Waals surface area contributed by atoms with Crippen LogP contribution in [0.5, 0.6) is 0 Å². The number of amides is 2. The Hall–Kier alpha value is -3.36. The van der Waals surface area contributed by atoms with Gasteiger partial charge in [0.1, 0.15) is 12.6 Å². The fourth-order valence-electron chi connectivity index (χ4n) is 4.19. The van der Waals surface area contributed by atoms with E-state index in [-0.39, 0.29) is 30.5 Å². The van der Waals surface area contributed by atoms with Gasteiger partial charge < -0.3 is 10.2 Å². The maximum Gasteiger partial charge on any atom is 0.244 e. The Balaban J connectivity index is 2.06. The third kappa shape index (κ3) is 8.83. The largest absolute Gasteiger partial charge is 0.354 e. The number of halogens is 1. The molecule has 2 amide bonds. The monoisotopic (exact) mass is 569 g/mol. The van der Waals surface area contributed by atoms with Crippen LogP contribution in [-0.4, -0.2) is 50.5 Å². The van der Waals surface area contributed by atoms with E-state index in [0.717, 1.165) is 27.3 Å². The number of sulfonamides is 1. The summed E-state index contributed by atoms with van der Waals surface area (Å²) in [5.41, 5.74) is 3.00. The lowest BCUT2D eigenvalue weighted by atomic mass is 10.0. The Morgan fingerprint density at radius 3 is 2.23 bits per heavy atom. The zero-order valence-electron chi connectivity index (χ0n) is 22.8. The van der Waals surface area contributed by atoms with Crippen molar-refractivity contribution in [2.75, 3.05) is 23.7 Å². The van der Waals surface area contributed by atoms with Crippen molar-refractivity contribution in [3.05, 3.63) is 101 Å². The molecule has 3 aromatic carbocycles. The van der Waals surface area contributed by atoms with Crippen molar-refractivity contribution >= 4 is 39.1 Å². The third-order valence-corrected chi connectivity index (χ3v) is 7.71. The molecule has 9 heteroatoms. The van der Waals surface area contributed by atoms with Crippen LogP contribution in [0, 0.1) is 12.8 Å². The van der Waals surface area contributed by atoms with Gasteiger partial charge in [-0.3, -0.25) is 13.9 Å². The van der Waals surface area contributed by atoms with E-state index in [0.29, 0.717) is 11.6 Å². The molecule has 0 heterocycles. The van der Waals surface area contributed by atoms with E-state index in [2.05, 4.69) is 5.32 Å². The molecule has 3 rings (SSSR count). The van der Waals surface area contributed by atoms with Gasteiger partial charge >= 0.3 is 0 Å². The minimum Gasteiger partial charge on any atom is -0.354 e. The van der Waals surface area contributed by atoms with Gasteiger partial charge in [-0.1, -0.05) is 86.1 Å². The van der Waals surface area contributed by atoms with Crippen molar-refractivity contribution < 1.29 is 18.0 Å². The van der Waals surface area contributed by atoms with Crippen LogP contribution in [0.2, 0.25) is 5.02 Å². The second-order valence-electron chi connectivity index (χ2n) is 10.0. The highest BCUT2D eigenvalue weighted by atomic mass is 35.5. The first-order valence-corrected chi connectivity index (χ1v) is 15.1. The fourth-order valence-corrected chi connectivity index (χ4v) is 5.22. The molecule has 1 atom stereocenters. The Morgan fingerprint density at radius 1 is 0.949 bits per heavy atom. The lowest BCUT2D eigenvalue weighted by Crippen LogP contribution is -2.53. The normalized spacial score (nSPS) is 12.2. The predicted molar refractivity (Wildman–Crippen MR) is 157 cm³/mol. The second kappa shape index (κ2) is 13.6. The van der Waals surface area contributed by atoms with Gasteiger partial charge in [-0.25, -0.2) is 8.42 Å². The molecule has 0 fully saturated rings. The van der Waals surface area contributed by atoms with E-state index in [9.17, 15) is 18.0 Å². The summed E-state index contributed by atoms with van der Waals surface area (Å²) in [6.45, 7) is 6.06. The number of hydrogen-bond acceptors (Lipinski definition) is 4. The van der Waals surface area contributed by atoms with Crippen LogP contribution < -0.4 is 9.62 Å². The first-order chi connectivity index (χ1) is 18.5. The number of hydrogen-bond donors (Lipinski definition) is 1. The van der Waals surface area contributed by atoms with Crippen molar-refractivity contribution in [3.63, 3.8) is 0 Å². The van der Waals surface area contributed by atoms with E-state index in [4.69, 9.17) is 11.6 Å². The molecule has 39 heavy (non-hydrogen) atoms. The van der Waals surface area contributed by atoms with E-state index in [1.54, 1.807) is 18.2 Å². The van der Waals surface area contributed by atoms with Gasteiger partial charge in [0.15, 0.2) is 0 Å². The van der Waals surface area contributed by atoms with Gasteiger partial charge in [0, 0.05) is 24.5 Å². The van der Waals surface area contributed by atoms with Crippen molar-refractivity contribution in [1.29, 1.82) is 0 Å². The van der Waals surface area contributed by atoms with Crippen molar-refractivity contribution in [1.82, 2.24) is 10.2 Å². The molecule has 0 aliphatic heterocycles. The van der Waals surface area contributed by atoms with Gasteiger partial charge in [0.25, 0.3) is 0 Å². The Morgan fingerprint density at radius 2 is 1.62 bits per heavy atom. The summed E-state index contributed by atoms with van der Waals surface area (Å²) in [7, 11) is -3.84. The van der Waals surface area contributed by atoms with Crippen LogP contribution in [0.3, 0.4) is 0 Å². The molecule has 0 aromatic heterocycles. The van der Waals surface area contributed by atoms with Crippen molar-refractivity contribution in [2.45, 2.75) is 39.8 Å². The molecular formula is C30H36ClN3O4S. The predicted octanol–water partition coefficient (Wildman–Crippen LogP) is 4.83. The molecule has 7 nitrogen and oxygen atoms in total. The average Bonchev–Trinajstić information content (AvgIpc) is 2.88. The number of nitrogens with zero attached hydrogens (tertiary/aromatic N) is 2. The maximum atomic E-state index is 14.1. The summed E-state index contributed by atoms with van der Waals surface area (Å²) in [6.07, 6.45) is 1.32. The highest BCUT2D eigenvalue weighted by Crippen LogP contribution is 2.23. The van der Waals surface area contributed by atoms with E-state index in [1.807, 2.05) is 75.4 Å². The van der Waals surface area contributed by atoms with Gasteiger partial charge in [0.2, 0.25) is 21.8 Å². The Bertz CT molecular complexity index is 1380. The van der Waals surface area contributed by atoms with Crippen molar-refractivity contribution in [2.24, 2.45) is 5.92 Å². The highest BCUT2D eigenvalue weighted by molar-refractivity contribution is 7.92. The lowest BCUT2D eigenvalue weighted by molar-refractivity contribution is -0.140. The summed E-state index contributed by atoms with van der Waals surface area (Å²) >= 11 is 6.14. The van der Waals surface area contributed by atoms with E-state index in [1.165, 1.54) is 11.0 Å². The van der Waals surface area contributed by atoms with Gasteiger partial charge in [-0.2, -0.15) is 0 Å². The summed E-state index contributed by atoms with van der Waals surface area (Å²) in [5.74, 6) is -0.567. The Kier molecular flexibility index (Phi) is 10.5. The number of carbonyl (C=O) groups excluding carboxylic acids is 2. The highest BCUT2D eigenvalue weighted by Gasteiger charge is 2.33. The molecule has 0 saturated heterocycles. The molecule has 0 saturated carbocycles. The molecule has 0 radical (unpaired) electrons. The van der Waals surface area contributed by atoms with Crippen LogP contribution in [0.4, 0.5) is 5.69 Å². The smallest absolute Gasteiger partial charge is 0.244 e. The molecule has 208 valence electrons. The summed E-state index contributed by atoms with van der Waals surface area (Å²) < 4.78 is 26.7. The van der Waals surface area contributed by atoms with Crippen LogP contribution in [0.15, 0.2) is 78.9 Å². The standard InChI is InChI=1S/C30H36ClN3O4S/c1-22(2)19-32-30(36)28(17-24-12-6-5-7-13-24)33(20-25-14-9-8-11-23(25)3)29(35)21-34(39(4,37)38)27-16-10-15-26(31)18-27/h5-16,18,22,28H,17,19-21H2,1-4H3,(H,32,36)/t28-/m1/s1. The van der Waals surface area contributed by atoms with Crippen LogP contribution in [-0.2, 0) is 32.6 Å². The molecule has 0 aliphatic rings. The third-order valence-electron chi connectivity index (χ3n) is 6.33. The average molecular weight is 570 g/mol.